The Morgan fingerprint density at radius 3 is 2.85 bits per heavy atom. The van der Waals surface area contributed by atoms with Crippen molar-refractivity contribution >= 4 is 28.2 Å². The lowest BCUT2D eigenvalue weighted by Crippen LogP contribution is -2.44. The molecule has 3 aliphatic heterocycles. The minimum absolute atomic E-state index is 0.645. The van der Waals surface area contributed by atoms with E-state index in [-0.39, 0.29) is 0 Å². The Morgan fingerprint density at radius 1 is 0.963 bits per heavy atom. The molecule has 1 fully saturated rings. The summed E-state index contributed by atoms with van der Waals surface area (Å²) in [6.07, 6.45) is 2.56. The van der Waals surface area contributed by atoms with Gasteiger partial charge in [0.2, 0.25) is 0 Å². The van der Waals surface area contributed by atoms with Gasteiger partial charge in [0.1, 0.15) is 0 Å². The molecule has 0 amide bonds. The molecule has 0 aliphatic carbocycles. The quantitative estimate of drug-likeness (QED) is 0.626. The monoisotopic (exact) mass is 372 g/mol. The van der Waals surface area contributed by atoms with E-state index < -0.39 is 0 Å². The Kier molecular flexibility index (Phi) is 3.73. The van der Waals surface area contributed by atoms with Gasteiger partial charge >= 0.3 is 0 Å². The van der Waals surface area contributed by atoms with Crippen LogP contribution in [0, 0.1) is 0 Å². The van der Waals surface area contributed by atoms with Gasteiger partial charge in [0.25, 0.3) is 0 Å². The minimum Gasteiger partial charge on any atom is -0.367 e. The van der Waals surface area contributed by atoms with Gasteiger partial charge in [-0.25, -0.2) is 0 Å². The third-order valence-electron chi connectivity index (χ3n) is 6.52. The van der Waals surface area contributed by atoms with Gasteiger partial charge in [0.15, 0.2) is 0 Å². The summed E-state index contributed by atoms with van der Waals surface area (Å²) in [4.78, 5) is 4.25. The smallest absolute Gasteiger partial charge is 0.0544 e. The Labute approximate surface area is 165 Å². The van der Waals surface area contributed by atoms with Crippen LogP contribution in [0.4, 0.5) is 5.69 Å². The van der Waals surface area contributed by atoms with Crippen molar-refractivity contribution in [3.05, 3.63) is 60.2 Å². The lowest BCUT2D eigenvalue weighted by atomic mass is 9.88. The lowest BCUT2D eigenvalue weighted by Gasteiger charge is -2.33. The van der Waals surface area contributed by atoms with Crippen molar-refractivity contribution in [2.45, 2.75) is 29.7 Å². The molecule has 2 nitrogen and oxygen atoms in total. The Balaban J connectivity index is 1.53. The minimum atomic E-state index is 0.645. The van der Waals surface area contributed by atoms with Crippen LogP contribution >= 0.6 is 11.8 Å². The van der Waals surface area contributed by atoms with E-state index in [1.165, 1.54) is 51.9 Å². The number of nitrogens with zero attached hydrogens (tertiary/aromatic N) is 1. The summed E-state index contributed by atoms with van der Waals surface area (Å²) < 4.78 is 0. The summed E-state index contributed by atoms with van der Waals surface area (Å²) in [6.45, 7) is 3.51. The van der Waals surface area contributed by atoms with Gasteiger partial charge < -0.3 is 10.2 Å². The maximum atomic E-state index is 3.65. The summed E-state index contributed by atoms with van der Waals surface area (Å²) in [5.74, 6) is 1.88. The molecule has 6 rings (SSSR count). The number of anilines is 1. The normalized spacial score (nSPS) is 23.8. The summed E-state index contributed by atoms with van der Waals surface area (Å²) in [7, 11) is 0. The first-order valence-electron chi connectivity index (χ1n) is 10.2. The fraction of sp³-hybridized carbons (Fsp3) is 0.333. The number of hydrogen-bond acceptors (Lipinski definition) is 3. The first-order chi connectivity index (χ1) is 13.4. The molecule has 0 bridgehead atoms. The van der Waals surface area contributed by atoms with Crippen molar-refractivity contribution in [2.24, 2.45) is 0 Å². The predicted octanol–water partition coefficient (Wildman–Crippen LogP) is 5.27. The maximum absolute atomic E-state index is 3.65. The van der Waals surface area contributed by atoms with Crippen LogP contribution in [0.1, 0.15) is 24.3 Å². The average Bonchev–Trinajstić information content (AvgIpc) is 2.89. The molecule has 0 spiro atoms. The molecule has 0 unspecified atom stereocenters. The molecule has 136 valence electrons. The second-order valence-corrected chi connectivity index (χ2v) is 9.17. The van der Waals surface area contributed by atoms with Gasteiger partial charge in [-0.1, -0.05) is 36.4 Å². The number of piperidine rings is 1. The van der Waals surface area contributed by atoms with Crippen LogP contribution in [0.25, 0.3) is 21.9 Å². The van der Waals surface area contributed by atoms with E-state index in [9.17, 15) is 0 Å². The number of hydrogen-bond donors (Lipinski definition) is 1. The van der Waals surface area contributed by atoms with Gasteiger partial charge in [-0.3, -0.25) is 0 Å². The zero-order valence-corrected chi connectivity index (χ0v) is 16.3. The molecule has 0 radical (unpaired) electrons. The molecule has 0 aromatic heterocycles. The molecule has 2 atom stereocenters. The molecule has 0 saturated carbocycles. The lowest BCUT2D eigenvalue weighted by molar-refractivity contribution is 0.403. The van der Waals surface area contributed by atoms with Crippen LogP contribution in [0.2, 0.25) is 0 Å². The third-order valence-corrected chi connectivity index (χ3v) is 7.64. The first-order valence-corrected chi connectivity index (χ1v) is 11.1. The van der Waals surface area contributed by atoms with Gasteiger partial charge in [-0.05, 0) is 70.8 Å². The largest absolute Gasteiger partial charge is 0.367 e. The molecule has 3 heteroatoms. The summed E-state index contributed by atoms with van der Waals surface area (Å²) >= 11 is 2.06. The number of nitrogens with one attached hydrogen (secondary N) is 1. The van der Waals surface area contributed by atoms with Crippen LogP contribution in [-0.4, -0.2) is 31.4 Å². The van der Waals surface area contributed by atoms with E-state index >= 15 is 0 Å². The van der Waals surface area contributed by atoms with Crippen molar-refractivity contribution in [1.29, 1.82) is 0 Å². The van der Waals surface area contributed by atoms with Gasteiger partial charge in [0, 0.05) is 29.9 Å². The van der Waals surface area contributed by atoms with Gasteiger partial charge in [0.05, 0.1) is 5.69 Å². The van der Waals surface area contributed by atoms with E-state index in [1.807, 2.05) is 0 Å². The number of fused-ring (bicyclic) bond motifs is 4. The highest BCUT2D eigenvalue weighted by Gasteiger charge is 2.41. The van der Waals surface area contributed by atoms with E-state index in [4.69, 9.17) is 0 Å². The number of thioether (sulfide) groups is 1. The second-order valence-electron chi connectivity index (χ2n) is 8.04. The molecule has 1 N–H and O–H groups in total. The molecule has 3 heterocycles. The van der Waals surface area contributed by atoms with E-state index in [1.54, 1.807) is 11.3 Å². The van der Waals surface area contributed by atoms with Crippen LogP contribution < -0.4 is 10.2 Å². The molecular weight excluding hydrogens is 348 g/mol. The standard InChI is InChI=1S/C24H24N2S/c1-2-5-17-12-18(7-6-16(17)4-1)19-13-20-21-15-25-9-8-22(21)26-10-3-11-27-23(14-19)24(20)26/h1-2,4-7,12-14,21-22,25H,3,8-11,15H2/t21-,22-/m0/s1. The Bertz CT molecular complexity index is 1030. The molecule has 3 aromatic rings. The van der Waals surface area contributed by atoms with Gasteiger partial charge in [-0.15, -0.1) is 11.8 Å². The summed E-state index contributed by atoms with van der Waals surface area (Å²) in [5, 5.41) is 6.29. The van der Waals surface area contributed by atoms with E-state index in [2.05, 4.69) is 76.6 Å². The second kappa shape index (κ2) is 6.29. The van der Waals surface area contributed by atoms with Crippen LogP contribution in [0.3, 0.4) is 0 Å². The van der Waals surface area contributed by atoms with Crippen molar-refractivity contribution in [3.63, 3.8) is 0 Å². The topological polar surface area (TPSA) is 15.3 Å². The highest BCUT2D eigenvalue weighted by Crippen LogP contribution is 2.51. The third kappa shape index (κ3) is 2.52. The fourth-order valence-electron chi connectivity index (χ4n) is 5.26. The highest BCUT2D eigenvalue weighted by atomic mass is 32.2. The van der Waals surface area contributed by atoms with Crippen molar-refractivity contribution < 1.29 is 0 Å². The molecule has 27 heavy (non-hydrogen) atoms. The maximum Gasteiger partial charge on any atom is 0.0544 e. The van der Waals surface area contributed by atoms with Crippen molar-refractivity contribution in [1.82, 2.24) is 5.32 Å². The van der Waals surface area contributed by atoms with Crippen molar-refractivity contribution in [3.8, 4) is 11.1 Å². The fourth-order valence-corrected chi connectivity index (χ4v) is 6.34. The number of benzene rings is 3. The molecule has 3 aliphatic rings. The molecular formula is C24H24N2S. The van der Waals surface area contributed by atoms with Gasteiger partial charge in [-0.2, -0.15) is 0 Å². The van der Waals surface area contributed by atoms with Crippen LogP contribution in [-0.2, 0) is 0 Å². The first kappa shape index (κ1) is 16.0. The summed E-state index contributed by atoms with van der Waals surface area (Å²) in [6, 6.07) is 21.2. The molecule has 3 aromatic carbocycles. The summed E-state index contributed by atoms with van der Waals surface area (Å²) in [5.41, 5.74) is 5.87. The number of rotatable bonds is 1. The van der Waals surface area contributed by atoms with E-state index in [0.717, 1.165) is 13.1 Å². The highest BCUT2D eigenvalue weighted by molar-refractivity contribution is 7.99. The SMILES string of the molecule is c1ccc2cc(-c3cc4c5c(c3)[C@@H]3CNCC[C@@H]3N5CCCS4)ccc2c1. The van der Waals surface area contributed by atoms with Crippen LogP contribution in [0.5, 0.6) is 0 Å². The Morgan fingerprint density at radius 2 is 1.89 bits per heavy atom. The predicted molar refractivity (Wildman–Crippen MR) is 116 cm³/mol. The average molecular weight is 373 g/mol. The van der Waals surface area contributed by atoms with Crippen molar-refractivity contribution in [2.75, 3.05) is 30.3 Å². The zero-order valence-electron chi connectivity index (χ0n) is 15.4. The van der Waals surface area contributed by atoms with E-state index in [0.29, 0.717) is 12.0 Å². The Hall–Kier alpha value is -1.97. The molecule has 1 saturated heterocycles. The van der Waals surface area contributed by atoms with Crippen LogP contribution in [0.15, 0.2) is 59.5 Å². The zero-order chi connectivity index (χ0) is 17.8.